The number of rotatable bonds is 43. The number of fused-ring (bicyclic) bond motifs is 8. The Labute approximate surface area is 738 Å². The molecule has 0 saturated heterocycles. The minimum atomic E-state index is -4.64. The molecule has 4 aliphatic heterocycles. The largest absolute Gasteiger partial charge is 0.748 e. The smallest absolute Gasteiger partial charge is 0.294 e. The van der Waals surface area contributed by atoms with Crippen LogP contribution in [0.2, 0.25) is 5.02 Å². The summed E-state index contributed by atoms with van der Waals surface area (Å²) in [7, 11) is -14.6. The number of ketones is 3. The fourth-order valence-electron chi connectivity index (χ4n) is 16.9. The highest BCUT2D eigenvalue weighted by Gasteiger charge is 2.46. The first-order valence-corrected chi connectivity index (χ1v) is 48.9. The fraction of sp³-hybridized carbons (Fsp3) is 0.435. The van der Waals surface area contributed by atoms with Crippen molar-refractivity contribution < 1.29 is 80.3 Å². The van der Waals surface area contributed by atoms with Crippen LogP contribution < -0.4 is 20.1 Å². The average molecular weight is 1810 g/mol. The van der Waals surface area contributed by atoms with Crippen LogP contribution in [0.1, 0.15) is 243 Å². The van der Waals surface area contributed by atoms with Crippen molar-refractivity contribution in [3.8, 4) is 22.9 Å². The van der Waals surface area contributed by atoms with Crippen LogP contribution in [0.3, 0.4) is 0 Å². The summed E-state index contributed by atoms with van der Waals surface area (Å²) in [6, 6.07) is 35.0. The van der Waals surface area contributed by atoms with E-state index < -0.39 is 74.9 Å². The van der Waals surface area contributed by atoms with E-state index in [4.69, 9.17) is 36.8 Å². The van der Waals surface area contributed by atoms with E-state index in [1.807, 2.05) is 114 Å². The summed E-state index contributed by atoms with van der Waals surface area (Å²) in [5, 5.41) is 18.3. The third-order valence-electron chi connectivity index (χ3n) is 23.5. The van der Waals surface area contributed by atoms with Crippen LogP contribution in [0.4, 0.5) is 11.4 Å². The maximum Gasteiger partial charge on any atom is 0.294 e. The molecule has 668 valence electrons. The number of nitrogens with two attached hydrogens (primary N) is 1. The molecule has 1 unspecified atom stereocenters. The Morgan fingerprint density at radius 2 is 1.02 bits per heavy atom. The zero-order valence-corrected chi connectivity index (χ0v) is 76.0. The summed E-state index contributed by atoms with van der Waals surface area (Å²) in [6.07, 6.45) is 22.3. The predicted molar refractivity (Wildman–Crippen MR) is 482 cm³/mol. The van der Waals surface area contributed by atoms with E-state index in [1.165, 1.54) is 29.8 Å². The molecule has 5 N–H and O–H groups in total. The highest BCUT2D eigenvalue weighted by molar-refractivity contribution is 7.86. The third-order valence-corrected chi connectivity index (χ3v) is 27.0. The van der Waals surface area contributed by atoms with E-state index in [2.05, 4.69) is 51.6 Å². The van der Waals surface area contributed by atoms with Gasteiger partial charge >= 0.3 is 0 Å². The number of hydrogen-bond donors (Lipinski definition) is 4. The molecule has 2 aromatic heterocycles. The van der Waals surface area contributed by atoms with Gasteiger partial charge in [-0.1, -0.05) is 117 Å². The van der Waals surface area contributed by atoms with Gasteiger partial charge in [-0.25, -0.2) is 8.42 Å². The average Bonchev–Trinajstić information content (AvgIpc) is 1.59. The lowest BCUT2D eigenvalue weighted by Gasteiger charge is -2.30. The zero-order valence-electron chi connectivity index (χ0n) is 72.0. The van der Waals surface area contributed by atoms with Gasteiger partial charge in [0.15, 0.2) is 17.4 Å². The van der Waals surface area contributed by atoms with Gasteiger partial charge in [0.2, 0.25) is 5.69 Å². The van der Waals surface area contributed by atoms with Crippen molar-refractivity contribution >= 4 is 97.9 Å². The molecular weight excluding hydrogens is 1690 g/mol. The molecule has 4 aliphatic rings. The van der Waals surface area contributed by atoms with Crippen molar-refractivity contribution in [3.63, 3.8) is 0 Å². The van der Waals surface area contributed by atoms with E-state index in [9.17, 15) is 66.3 Å². The van der Waals surface area contributed by atoms with Crippen molar-refractivity contribution in [3.05, 3.63) is 225 Å². The fourth-order valence-corrected chi connectivity index (χ4v) is 19.2. The molecule has 6 heterocycles. The summed E-state index contributed by atoms with van der Waals surface area (Å²) in [4.78, 5) is 51.5. The Kier molecular flexibility index (Phi) is 32.3. The first-order valence-electron chi connectivity index (χ1n) is 42.5. The molecule has 8 aromatic rings. The van der Waals surface area contributed by atoms with Crippen molar-refractivity contribution in [1.29, 1.82) is 0 Å². The van der Waals surface area contributed by atoms with Gasteiger partial charge in [0.1, 0.15) is 59.1 Å². The van der Waals surface area contributed by atoms with Crippen LogP contribution >= 0.6 is 11.6 Å². The molecule has 125 heavy (non-hydrogen) atoms. The molecule has 6 aromatic carbocycles. The number of ether oxygens (including phenoxy) is 2. The maximum atomic E-state index is 13.6. The van der Waals surface area contributed by atoms with Crippen LogP contribution in [0.15, 0.2) is 177 Å². The summed E-state index contributed by atoms with van der Waals surface area (Å²) in [5.74, 6) is 3.49. The number of aromatic nitrogens is 6. The van der Waals surface area contributed by atoms with Gasteiger partial charge in [-0.3, -0.25) is 47.2 Å². The molecule has 0 spiro atoms. The predicted octanol–water partition coefficient (Wildman–Crippen LogP) is 16.3. The van der Waals surface area contributed by atoms with Gasteiger partial charge in [-0.05, 0) is 196 Å². The quantitative estimate of drug-likeness (QED) is 0.0119. The van der Waals surface area contributed by atoms with Crippen LogP contribution in [0.5, 0.6) is 11.5 Å². The number of unbranched alkanes of at least 4 members (excludes halogenated alkanes) is 11. The topological polar surface area (TPSA) is 408 Å². The molecule has 0 radical (unpaired) electrons. The second kappa shape index (κ2) is 42.2. The second-order valence-corrected chi connectivity index (χ2v) is 39.4. The van der Waals surface area contributed by atoms with Crippen molar-refractivity contribution in [2.24, 2.45) is 15.7 Å². The summed E-state index contributed by atoms with van der Waals surface area (Å²) in [5.41, 5.74) is 15.9. The van der Waals surface area contributed by atoms with Crippen molar-refractivity contribution in [1.82, 2.24) is 29.5 Å². The number of aliphatic imine (C=N–C) groups is 2. The Bertz CT molecular complexity index is 5960. The van der Waals surface area contributed by atoms with Gasteiger partial charge in [0.05, 0.1) is 68.1 Å². The van der Waals surface area contributed by atoms with E-state index >= 15 is 0 Å². The molecule has 28 nitrogen and oxygen atoms in total. The summed E-state index contributed by atoms with van der Waals surface area (Å²) < 4.78 is 154. The van der Waals surface area contributed by atoms with Gasteiger partial charge < -0.3 is 24.7 Å². The van der Waals surface area contributed by atoms with Crippen LogP contribution in [0, 0.1) is 20.8 Å². The lowest BCUT2D eigenvalue weighted by atomic mass is 9.77. The number of aryl methyl sites for hydroxylation is 3. The van der Waals surface area contributed by atoms with E-state index in [1.54, 1.807) is 56.7 Å². The molecule has 0 amide bonds. The second-order valence-electron chi connectivity index (χ2n) is 33.0. The number of carbonyl (C=O) groups excluding carboxylic acids is 3. The SMILES string of the molecule is COc1ccc2c(c1)C(c1ccc(C)cc1)=N[C@@H](CC(=O)CCCCCCN)c1nnc(C)n1-2.COc1ccc2c(c1)C(c1ccc(Cl)cc1)=N[C@@H](CC(=O)CCCCCCCC(=O)CCCCCC1(C)/C(=C/C=C/C=C/C3=[N+](CCCCS(=O)(=O)O)c4ccc(S(=O)(=O)O)cc4C3(C)C)N(CCCCS(=O)(=O)[O-])c3ccc(S(=O)(=O)O)cc31)c1nnc(C)n1-2. The van der Waals surface area contributed by atoms with Crippen molar-refractivity contribution in [2.75, 3.05) is 50.3 Å². The molecular formula is C92H112ClN11O17S4. The van der Waals surface area contributed by atoms with Gasteiger partial charge in [-0.15, -0.1) is 20.4 Å². The Balaban J connectivity index is 0.000000370. The number of nitrogens with zero attached hydrogens (tertiary/aromatic N) is 10. The molecule has 12 rings (SSSR count). The van der Waals surface area contributed by atoms with Gasteiger partial charge in [0.25, 0.3) is 30.4 Å². The first-order chi connectivity index (χ1) is 59.4. The highest BCUT2D eigenvalue weighted by atomic mass is 35.5. The number of allylic oxidation sites excluding steroid dienone is 6. The lowest BCUT2D eigenvalue weighted by molar-refractivity contribution is -0.438. The molecule has 0 bridgehead atoms. The van der Waals surface area contributed by atoms with Crippen LogP contribution in [-0.2, 0) is 65.7 Å². The summed E-state index contributed by atoms with van der Waals surface area (Å²) >= 11 is 6.27. The number of methoxy groups -OCH3 is 2. The normalized spacial score (nSPS) is 16.9. The molecule has 0 aliphatic carbocycles. The Hall–Kier alpha value is -9.87. The lowest BCUT2D eigenvalue weighted by Crippen LogP contribution is -2.29. The van der Waals surface area contributed by atoms with E-state index in [-0.39, 0.29) is 59.4 Å². The molecule has 33 heteroatoms. The third kappa shape index (κ3) is 24.5. The Morgan fingerprint density at radius 3 is 1.53 bits per heavy atom. The van der Waals surface area contributed by atoms with Crippen LogP contribution in [0.25, 0.3) is 11.4 Å². The summed E-state index contributed by atoms with van der Waals surface area (Å²) in [6.45, 7) is 12.9. The van der Waals surface area contributed by atoms with E-state index in [0.29, 0.717) is 140 Å². The van der Waals surface area contributed by atoms with Gasteiger partial charge in [0, 0.05) is 119 Å². The van der Waals surface area contributed by atoms with Crippen LogP contribution in [-0.4, -0.2) is 166 Å². The monoisotopic (exact) mass is 1810 g/mol. The highest BCUT2D eigenvalue weighted by Crippen LogP contribution is 2.52. The number of halogens is 1. The number of carbonyl (C=O) groups is 3. The minimum absolute atomic E-state index is 0.0583. The van der Waals surface area contributed by atoms with Crippen molar-refractivity contribution in [2.45, 2.75) is 222 Å². The Morgan fingerprint density at radius 1 is 0.536 bits per heavy atom. The van der Waals surface area contributed by atoms with Gasteiger partial charge in [-0.2, -0.15) is 29.8 Å². The molecule has 0 saturated carbocycles. The minimum Gasteiger partial charge on any atom is -0.748 e. The number of anilines is 1. The number of hydrogen-bond acceptors (Lipinski definition) is 22. The standard InChI is InChI=1S/C65H79ClN6O15S4.C27H33N5O2/c1-45-68-69-63-56(67-62(46-26-28-47(66)29-27-46)53-42-50(87-5)30-33-57(53)72(45)63)41-49(74)23-12-8-6-7-11-21-48(73)22-13-10-16-36-65(4)55-44-52(91(84,85)86)32-35-59(55)71(38-18-20-40-89(78,79)80)61(65)25-15-9-14-24-60-64(2,3)54-43-51(90(81,82)83)31-34-58(54)70(60)37-17-19-39-88(75,76)77;1-18-9-11-20(12-10-18)26-23-17-22(34-3)13-14-25(23)32-19(2)30-31-27(32)24(29-26)16-21(33)8-6-4-5-7-15-28/h9,14-15,24-35,42-44,56H,6-8,10-13,16-23,36-41H2,1-5H3,(H3-,75,76,77,78,79,80,81,82,83,84,85,86);9-14,17,24H,4-8,15-16,28H2,1-3H3/t56-,65?;24-/m00/s1. The molecule has 3 atom stereocenters. The number of benzene rings is 6. The zero-order chi connectivity index (χ0) is 90.2. The number of Topliss-reactive ketones (excluding diaryl/α,β-unsaturated/α-hetero) is 3. The maximum absolute atomic E-state index is 13.6. The first kappa shape index (κ1) is 95.8. The van der Waals surface area contributed by atoms with E-state index in [0.717, 1.165) is 114 Å². The molecule has 0 fully saturated rings.